The van der Waals surface area contributed by atoms with Crippen LogP contribution >= 0.6 is 11.8 Å². The molecule has 4 heteroatoms. The molecule has 0 aliphatic heterocycles. The Hall–Kier alpha value is -1.39. The minimum Gasteiger partial charge on any atom is -0.326 e. The van der Waals surface area contributed by atoms with Crippen molar-refractivity contribution >= 4 is 11.8 Å². The van der Waals surface area contributed by atoms with Crippen LogP contribution in [0.1, 0.15) is 11.1 Å². The summed E-state index contributed by atoms with van der Waals surface area (Å²) in [5.41, 5.74) is 8.04. The van der Waals surface area contributed by atoms with Crippen LogP contribution in [0.15, 0.2) is 46.7 Å². The number of aromatic nitrogens is 2. The smallest absolute Gasteiger partial charge is 0.116 e. The maximum absolute atomic E-state index is 5.63. The first-order chi connectivity index (χ1) is 7.79. The van der Waals surface area contributed by atoms with Crippen LogP contribution in [0, 0.1) is 6.92 Å². The maximum Gasteiger partial charge on any atom is 0.116 e. The van der Waals surface area contributed by atoms with Gasteiger partial charge in [0.2, 0.25) is 0 Å². The number of aryl methyl sites for hydroxylation is 1. The third-order valence-electron chi connectivity index (χ3n) is 2.31. The summed E-state index contributed by atoms with van der Waals surface area (Å²) >= 11 is 1.63. The number of nitrogens with two attached hydrogens (primary N) is 1. The van der Waals surface area contributed by atoms with Crippen LogP contribution in [-0.2, 0) is 6.54 Å². The zero-order valence-electron chi connectivity index (χ0n) is 9.05. The molecule has 0 amide bonds. The summed E-state index contributed by atoms with van der Waals surface area (Å²) in [6.45, 7) is 2.66. The summed E-state index contributed by atoms with van der Waals surface area (Å²) in [7, 11) is 0. The van der Waals surface area contributed by atoms with Gasteiger partial charge in [-0.1, -0.05) is 17.8 Å². The molecule has 0 aliphatic rings. The predicted molar refractivity (Wildman–Crippen MR) is 65.2 cm³/mol. The molecule has 0 saturated heterocycles. The van der Waals surface area contributed by atoms with Gasteiger partial charge in [-0.05, 0) is 36.2 Å². The summed E-state index contributed by atoms with van der Waals surface area (Å²) in [4.78, 5) is 9.24. The van der Waals surface area contributed by atoms with Crippen molar-refractivity contribution in [2.75, 3.05) is 0 Å². The fraction of sp³-hybridized carbons (Fsp3) is 0.167. The fourth-order valence-electron chi connectivity index (χ4n) is 1.42. The summed E-state index contributed by atoms with van der Waals surface area (Å²) in [5, 5.41) is 0.954. The number of hydrogen-bond donors (Lipinski definition) is 1. The normalized spacial score (nSPS) is 10.4. The molecule has 0 unspecified atom stereocenters. The van der Waals surface area contributed by atoms with Gasteiger partial charge in [-0.3, -0.25) is 0 Å². The lowest BCUT2D eigenvalue weighted by atomic mass is 10.1. The molecule has 0 radical (unpaired) electrons. The topological polar surface area (TPSA) is 51.8 Å². The van der Waals surface area contributed by atoms with Gasteiger partial charge >= 0.3 is 0 Å². The highest BCUT2D eigenvalue weighted by molar-refractivity contribution is 7.99. The van der Waals surface area contributed by atoms with Gasteiger partial charge in [-0.2, -0.15) is 0 Å². The maximum atomic E-state index is 5.63. The minimum absolute atomic E-state index is 0.588. The second kappa shape index (κ2) is 5.09. The molecule has 0 spiro atoms. The van der Waals surface area contributed by atoms with Crippen molar-refractivity contribution in [3.8, 4) is 0 Å². The Bertz CT molecular complexity index is 471. The van der Waals surface area contributed by atoms with Crippen molar-refractivity contribution in [1.29, 1.82) is 0 Å². The van der Waals surface area contributed by atoms with Gasteiger partial charge in [-0.25, -0.2) is 9.97 Å². The molecule has 3 nitrogen and oxygen atoms in total. The zero-order valence-corrected chi connectivity index (χ0v) is 9.87. The molecule has 2 rings (SSSR count). The average molecular weight is 231 g/mol. The van der Waals surface area contributed by atoms with Gasteiger partial charge in [0.15, 0.2) is 0 Å². The Balaban J connectivity index is 2.20. The lowest BCUT2D eigenvalue weighted by Gasteiger charge is -2.05. The molecular weight excluding hydrogens is 218 g/mol. The van der Waals surface area contributed by atoms with Gasteiger partial charge < -0.3 is 5.73 Å². The number of benzene rings is 1. The Kier molecular flexibility index (Phi) is 3.54. The quantitative estimate of drug-likeness (QED) is 0.824. The van der Waals surface area contributed by atoms with Crippen molar-refractivity contribution in [1.82, 2.24) is 9.97 Å². The number of nitrogens with zero attached hydrogens (tertiary/aromatic N) is 2. The van der Waals surface area contributed by atoms with E-state index in [-0.39, 0.29) is 0 Å². The molecule has 1 heterocycles. The fourth-order valence-corrected chi connectivity index (χ4v) is 2.26. The first kappa shape index (κ1) is 11.1. The highest BCUT2D eigenvalue weighted by Crippen LogP contribution is 2.26. The summed E-state index contributed by atoms with van der Waals surface area (Å²) in [6, 6.07) is 8.17. The molecule has 82 valence electrons. The van der Waals surface area contributed by atoms with Crippen LogP contribution in [0.2, 0.25) is 0 Å². The van der Waals surface area contributed by atoms with Crippen LogP contribution in [0.5, 0.6) is 0 Å². The molecule has 1 aromatic carbocycles. The van der Waals surface area contributed by atoms with E-state index in [2.05, 4.69) is 35.1 Å². The Labute approximate surface area is 99.1 Å². The van der Waals surface area contributed by atoms with Crippen LogP contribution in [-0.4, -0.2) is 9.97 Å². The lowest BCUT2D eigenvalue weighted by molar-refractivity contribution is 1.03. The molecule has 0 bridgehead atoms. The average Bonchev–Trinajstić information content (AvgIpc) is 2.31. The Morgan fingerprint density at radius 3 is 2.81 bits per heavy atom. The molecule has 2 N–H and O–H groups in total. The van der Waals surface area contributed by atoms with Crippen LogP contribution in [0.25, 0.3) is 0 Å². The first-order valence-electron chi connectivity index (χ1n) is 5.03. The first-order valence-corrected chi connectivity index (χ1v) is 5.84. The van der Waals surface area contributed by atoms with E-state index in [0.29, 0.717) is 6.54 Å². The molecule has 0 saturated carbocycles. The molecular formula is C12H13N3S. The van der Waals surface area contributed by atoms with E-state index in [1.165, 1.54) is 16.0 Å². The van der Waals surface area contributed by atoms with Gasteiger partial charge in [-0.15, -0.1) is 0 Å². The van der Waals surface area contributed by atoms with E-state index < -0.39 is 0 Å². The van der Waals surface area contributed by atoms with Crippen molar-refractivity contribution in [3.63, 3.8) is 0 Å². The Morgan fingerprint density at radius 2 is 2.19 bits per heavy atom. The highest BCUT2D eigenvalue weighted by atomic mass is 32.2. The molecule has 0 atom stereocenters. The van der Waals surface area contributed by atoms with E-state index >= 15 is 0 Å². The van der Waals surface area contributed by atoms with Gasteiger partial charge in [0.25, 0.3) is 0 Å². The van der Waals surface area contributed by atoms with Gasteiger partial charge in [0.1, 0.15) is 11.4 Å². The van der Waals surface area contributed by atoms with Crippen LogP contribution in [0.3, 0.4) is 0 Å². The van der Waals surface area contributed by atoms with Crippen LogP contribution < -0.4 is 5.73 Å². The summed E-state index contributed by atoms with van der Waals surface area (Å²) in [6.07, 6.45) is 3.31. The predicted octanol–water partition coefficient (Wildman–Crippen LogP) is 2.39. The standard InChI is InChI=1S/C12H13N3S/c1-9-6-11(3-2-10(9)7-13)16-12-4-5-14-8-15-12/h2-6,8H,7,13H2,1H3. The van der Waals surface area contributed by atoms with E-state index in [1.807, 2.05) is 6.07 Å². The van der Waals surface area contributed by atoms with Crippen LogP contribution in [0.4, 0.5) is 0 Å². The third-order valence-corrected chi connectivity index (χ3v) is 3.25. The number of rotatable bonds is 3. The second-order valence-corrected chi connectivity index (χ2v) is 4.54. The van der Waals surface area contributed by atoms with E-state index in [0.717, 1.165) is 5.03 Å². The monoisotopic (exact) mass is 231 g/mol. The van der Waals surface area contributed by atoms with E-state index in [4.69, 9.17) is 5.73 Å². The van der Waals surface area contributed by atoms with Crippen molar-refractivity contribution in [3.05, 3.63) is 47.9 Å². The summed E-state index contributed by atoms with van der Waals surface area (Å²) < 4.78 is 0. The minimum atomic E-state index is 0.588. The molecule has 0 fully saturated rings. The zero-order chi connectivity index (χ0) is 11.4. The molecule has 2 aromatic rings. The van der Waals surface area contributed by atoms with Gasteiger partial charge in [0.05, 0.1) is 0 Å². The molecule has 16 heavy (non-hydrogen) atoms. The van der Waals surface area contributed by atoms with Gasteiger partial charge in [0, 0.05) is 17.6 Å². The van der Waals surface area contributed by atoms with Crippen molar-refractivity contribution < 1.29 is 0 Å². The third kappa shape index (κ3) is 2.59. The highest BCUT2D eigenvalue weighted by Gasteiger charge is 2.01. The molecule has 0 aliphatic carbocycles. The lowest BCUT2D eigenvalue weighted by Crippen LogP contribution is -1.98. The van der Waals surface area contributed by atoms with Crippen molar-refractivity contribution in [2.24, 2.45) is 5.73 Å². The van der Waals surface area contributed by atoms with Crippen molar-refractivity contribution in [2.45, 2.75) is 23.4 Å². The second-order valence-electron chi connectivity index (χ2n) is 3.44. The van der Waals surface area contributed by atoms with E-state index in [1.54, 1.807) is 24.3 Å². The Morgan fingerprint density at radius 1 is 1.31 bits per heavy atom. The largest absolute Gasteiger partial charge is 0.326 e. The van der Waals surface area contributed by atoms with E-state index in [9.17, 15) is 0 Å². The number of hydrogen-bond acceptors (Lipinski definition) is 4. The summed E-state index contributed by atoms with van der Waals surface area (Å²) in [5.74, 6) is 0. The molecule has 1 aromatic heterocycles. The SMILES string of the molecule is Cc1cc(Sc2ccncn2)ccc1CN.